The Labute approximate surface area is 89.7 Å². The zero-order chi connectivity index (χ0) is 10.7. The third kappa shape index (κ3) is 2.01. The van der Waals surface area contributed by atoms with Gasteiger partial charge in [-0.1, -0.05) is 6.08 Å². The Hall–Kier alpha value is -1.77. The van der Waals surface area contributed by atoms with E-state index >= 15 is 0 Å². The fraction of sp³-hybridized carbons (Fsp3) is 0.167. The van der Waals surface area contributed by atoms with Gasteiger partial charge in [0.25, 0.3) is 0 Å². The van der Waals surface area contributed by atoms with E-state index in [0.717, 1.165) is 6.54 Å². The van der Waals surface area contributed by atoms with Crippen molar-refractivity contribution < 1.29 is 0 Å². The number of aromatic nitrogens is 3. The second-order valence-electron chi connectivity index (χ2n) is 3.45. The van der Waals surface area contributed by atoms with Crippen LogP contribution in [0.15, 0.2) is 36.9 Å². The van der Waals surface area contributed by atoms with Crippen molar-refractivity contribution in [2.45, 2.75) is 6.54 Å². The Balaban J connectivity index is 2.23. The van der Waals surface area contributed by atoms with Gasteiger partial charge in [0.2, 0.25) is 0 Å². The van der Waals surface area contributed by atoms with E-state index in [2.05, 4.69) is 35.7 Å². The van der Waals surface area contributed by atoms with Crippen molar-refractivity contribution in [3.05, 3.63) is 55.2 Å². The van der Waals surface area contributed by atoms with Gasteiger partial charge in [0.05, 0.1) is 12.9 Å². The SMILES string of the molecule is [CH2]C=Cc1ccc(Cn2ccnc2)n1C. The molecule has 77 valence electrons. The molecular formula is C12H14N3. The first kappa shape index (κ1) is 9.77. The monoisotopic (exact) mass is 200 g/mol. The van der Waals surface area contributed by atoms with Gasteiger partial charge in [-0.15, -0.1) is 0 Å². The molecule has 1 radical (unpaired) electrons. The molecule has 0 N–H and O–H groups in total. The number of hydrogen-bond donors (Lipinski definition) is 0. The largest absolute Gasteiger partial charge is 0.347 e. The Bertz CT molecular complexity index is 449. The summed E-state index contributed by atoms with van der Waals surface area (Å²) in [7, 11) is 2.06. The highest BCUT2D eigenvalue weighted by molar-refractivity contribution is 5.47. The van der Waals surface area contributed by atoms with Gasteiger partial charge in [0, 0.05) is 30.8 Å². The molecule has 2 aromatic heterocycles. The van der Waals surface area contributed by atoms with Crippen molar-refractivity contribution in [2.75, 3.05) is 0 Å². The van der Waals surface area contributed by atoms with Crippen molar-refractivity contribution in [3.8, 4) is 0 Å². The standard InChI is InChI=1S/C12H14N3/c1-3-4-11-5-6-12(14(11)2)9-15-8-7-13-10-15/h3-8,10H,1,9H2,2H3. The topological polar surface area (TPSA) is 22.8 Å². The van der Waals surface area contributed by atoms with Crippen LogP contribution in [-0.2, 0) is 13.6 Å². The van der Waals surface area contributed by atoms with Crippen LogP contribution in [0.25, 0.3) is 6.08 Å². The first-order chi connectivity index (χ1) is 7.31. The maximum atomic E-state index is 4.02. The predicted molar refractivity (Wildman–Crippen MR) is 61.1 cm³/mol. The lowest BCUT2D eigenvalue weighted by Gasteiger charge is -2.05. The highest BCUT2D eigenvalue weighted by atomic mass is 15.1. The van der Waals surface area contributed by atoms with Crippen LogP contribution in [0.2, 0.25) is 0 Å². The van der Waals surface area contributed by atoms with Crippen LogP contribution in [-0.4, -0.2) is 14.1 Å². The lowest BCUT2D eigenvalue weighted by Crippen LogP contribution is -2.03. The van der Waals surface area contributed by atoms with Crippen molar-refractivity contribution in [1.29, 1.82) is 0 Å². The Morgan fingerprint density at radius 1 is 1.47 bits per heavy atom. The highest BCUT2D eigenvalue weighted by Gasteiger charge is 2.02. The van der Waals surface area contributed by atoms with E-state index in [4.69, 9.17) is 0 Å². The predicted octanol–water partition coefficient (Wildman–Crippen LogP) is 2.12. The Kier molecular flexibility index (Phi) is 2.72. The zero-order valence-electron chi connectivity index (χ0n) is 8.80. The maximum Gasteiger partial charge on any atom is 0.0949 e. The third-order valence-electron chi connectivity index (χ3n) is 2.46. The second kappa shape index (κ2) is 4.17. The number of nitrogens with zero attached hydrogens (tertiary/aromatic N) is 3. The number of hydrogen-bond acceptors (Lipinski definition) is 1. The molecule has 3 heteroatoms. The summed E-state index contributed by atoms with van der Waals surface area (Å²) in [6.07, 6.45) is 9.38. The van der Waals surface area contributed by atoms with Gasteiger partial charge in [-0.2, -0.15) is 0 Å². The summed E-state index contributed by atoms with van der Waals surface area (Å²) in [5.41, 5.74) is 2.42. The van der Waals surface area contributed by atoms with Crippen LogP contribution in [0.1, 0.15) is 11.4 Å². The van der Waals surface area contributed by atoms with Gasteiger partial charge >= 0.3 is 0 Å². The number of imidazole rings is 1. The number of rotatable bonds is 3. The quantitative estimate of drug-likeness (QED) is 0.744. The average molecular weight is 200 g/mol. The molecule has 2 rings (SSSR count). The van der Waals surface area contributed by atoms with Gasteiger partial charge in [0.15, 0.2) is 0 Å². The van der Waals surface area contributed by atoms with E-state index < -0.39 is 0 Å². The number of allylic oxidation sites excluding steroid dienone is 1. The molecule has 15 heavy (non-hydrogen) atoms. The van der Waals surface area contributed by atoms with E-state index in [0.29, 0.717) is 0 Å². The Morgan fingerprint density at radius 2 is 2.33 bits per heavy atom. The minimum atomic E-state index is 0.849. The van der Waals surface area contributed by atoms with Crippen LogP contribution in [0, 0.1) is 6.92 Å². The second-order valence-corrected chi connectivity index (χ2v) is 3.45. The van der Waals surface area contributed by atoms with Gasteiger partial charge in [-0.25, -0.2) is 4.98 Å². The lowest BCUT2D eigenvalue weighted by atomic mass is 10.4. The molecule has 0 aliphatic rings. The molecule has 0 amide bonds. The molecule has 2 heterocycles. The third-order valence-corrected chi connectivity index (χ3v) is 2.46. The first-order valence-electron chi connectivity index (χ1n) is 4.87. The minimum absolute atomic E-state index is 0.849. The molecule has 0 saturated carbocycles. The normalized spacial score (nSPS) is 11.3. The molecule has 0 aliphatic carbocycles. The fourth-order valence-electron chi connectivity index (χ4n) is 1.59. The zero-order valence-corrected chi connectivity index (χ0v) is 8.80. The van der Waals surface area contributed by atoms with Crippen molar-refractivity contribution >= 4 is 6.08 Å². The molecule has 0 aromatic carbocycles. The summed E-state index contributed by atoms with van der Waals surface area (Å²) in [6, 6.07) is 4.21. The molecule has 0 unspecified atom stereocenters. The average Bonchev–Trinajstić information content (AvgIpc) is 2.83. The fourth-order valence-corrected chi connectivity index (χ4v) is 1.59. The summed E-state index contributed by atoms with van der Waals surface area (Å²) in [5.74, 6) is 0. The van der Waals surface area contributed by atoms with Crippen LogP contribution < -0.4 is 0 Å². The molecular weight excluding hydrogens is 186 g/mol. The molecule has 0 saturated heterocycles. The maximum absolute atomic E-state index is 4.02. The van der Waals surface area contributed by atoms with Crippen molar-refractivity contribution in [1.82, 2.24) is 14.1 Å². The van der Waals surface area contributed by atoms with E-state index in [1.165, 1.54) is 11.4 Å². The smallest absolute Gasteiger partial charge is 0.0949 e. The van der Waals surface area contributed by atoms with Gasteiger partial charge in [-0.3, -0.25) is 0 Å². The summed E-state index contributed by atoms with van der Waals surface area (Å²) in [6.45, 7) is 4.55. The van der Waals surface area contributed by atoms with Gasteiger partial charge in [0.1, 0.15) is 0 Å². The van der Waals surface area contributed by atoms with E-state index in [9.17, 15) is 0 Å². The molecule has 0 aliphatic heterocycles. The van der Waals surface area contributed by atoms with E-state index in [1.54, 1.807) is 12.3 Å². The molecule has 0 atom stereocenters. The molecule has 0 bridgehead atoms. The minimum Gasteiger partial charge on any atom is -0.347 e. The molecule has 3 nitrogen and oxygen atoms in total. The van der Waals surface area contributed by atoms with E-state index in [1.807, 2.05) is 23.2 Å². The van der Waals surface area contributed by atoms with Gasteiger partial charge in [-0.05, 0) is 25.1 Å². The van der Waals surface area contributed by atoms with Gasteiger partial charge < -0.3 is 9.13 Å². The van der Waals surface area contributed by atoms with Crippen molar-refractivity contribution in [2.24, 2.45) is 7.05 Å². The highest BCUT2D eigenvalue weighted by Crippen LogP contribution is 2.10. The summed E-state index contributed by atoms with van der Waals surface area (Å²) in [5, 5.41) is 0. The Morgan fingerprint density at radius 3 is 3.00 bits per heavy atom. The van der Waals surface area contributed by atoms with Crippen molar-refractivity contribution in [3.63, 3.8) is 0 Å². The molecule has 2 aromatic rings. The summed E-state index contributed by atoms with van der Waals surface area (Å²) in [4.78, 5) is 4.02. The van der Waals surface area contributed by atoms with Crippen LogP contribution in [0.5, 0.6) is 0 Å². The van der Waals surface area contributed by atoms with Crippen LogP contribution in [0.3, 0.4) is 0 Å². The van der Waals surface area contributed by atoms with Crippen LogP contribution >= 0.6 is 0 Å². The summed E-state index contributed by atoms with van der Waals surface area (Å²) >= 11 is 0. The summed E-state index contributed by atoms with van der Waals surface area (Å²) < 4.78 is 4.20. The van der Waals surface area contributed by atoms with E-state index in [-0.39, 0.29) is 0 Å². The van der Waals surface area contributed by atoms with Crippen LogP contribution in [0.4, 0.5) is 0 Å². The lowest BCUT2D eigenvalue weighted by molar-refractivity contribution is 0.720. The first-order valence-corrected chi connectivity index (χ1v) is 4.87. The molecule has 0 spiro atoms. The molecule has 0 fully saturated rings.